The van der Waals surface area contributed by atoms with Crippen molar-refractivity contribution in [1.29, 1.82) is 0 Å². The molecule has 0 saturated carbocycles. The van der Waals surface area contributed by atoms with E-state index in [1.807, 2.05) is 13.8 Å². The van der Waals surface area contributed by atoms with Gasteiger partial charge in [-0.15, -0.1) is 0 Å². The van der Waals surface area contributed by atoms with Crippen molar-refractivity contribution in [2.45, 2.75) is 52.2 Å². The maximum absolute atomic E-state index is 12.7. The first-order valence-corrected chi connectivity index (χ1v) is 8.35. The molecule has 138 valence electrons. The van der Waals surface area contributed by atoms with Crippen LogP contribution < -0.4 is 5.32 Å². The van der Waals surface area contributed by atoms with Crippen LogP contribution in [0, 0.1) is 6.92 Å². The van der Waals surface area contributed by atoms with Crippen LogP contribution in [0.4, 0.5) is 4.79 Å². The van der Waals surface area contributed by atoms with Crippen molar-refractivity contribution in [3.63, 3.8) is 0 Å². The Morgan fingerprint density at radius 3 is 2.68 bits per heavy atom. The number of amides is 3. The third kappa shape index (κ3) is 4.32. The number of urea groups is 1. The van der Waals surface area contributed by atoms with E-state index >= 15 is 0 Å². The van der Waals surface area contributed by atoms with E-state index in [0.717, 1.165) is 6.42 Å². The Kier molecular flexibility index (Phi) is 5.71. The Bertz CT molecular complexity index is 667. The van der Waals surface area contributed by atoms with E-state index in [2.05, 4.69) is 5.32 Å². The van der Waals surface area contributed by atoms with E-state index in [1.165, 1.54) is 11.0 Å². The molecule has 1 aliphatic heterocycles. The summed E-state index contributed by atoms with van der Waals surface area (Å²) in [5.74, 6) is -0.528. The number of hydrogen-bond donors (Lipinski definition) is 2. The number of carboxylic acids is 1. The molecule has 1 atom stereocenters. The maximum atomic E-state index is 12.7. The monoisotopic (exact) mass is 351 g/mol. The number of aromatic carboxylic acids is 1. The van der Waals surface area contributed by atoms with E-state index in [-0.39, 0.29) is 30.1 Å². The Hall–Kier alpha value is -2.51. The lowest BCUT2D eigenvalue weighted by Crippen LogP contribution is -2.50. The zero-order valence-corrected chi connectivity index (χ0v) is 15.0. The molecule has 2 N–H and O–H groups in total. The van der Waals surface area contributed by atoms with E-state index < -0.39 is 12.0 Å². The first-order valence-electron chi connectivity index (χ1n) is 8.35. The lowest BCUT2D eigenvalue weighted by molar-refractivity contribution is -0.134. The maximum Gasteiger partial charge on any atom is 0.339 e. The smallest absolute Gasteiger partial charge is 0.339 e. The van der Waals surface area contributed by atoms with Gasteiger partial charge in [0.15, 0.2) is 0 Å². The topological polar surface area (TPSA) is 103 Å². The molecule has 2 rings (SSSR count). The molecule has 0 spiro atoms. The van der Waals surface area contributed by atoms with Gasteiger partial charge >= 0.3 is 12.0 Å². The second-order valence-corrected chi connectivity index (χ2v) is 6.64. The molecule has 1 saturated heterocycles. The number of rotatable bonds is 5. The second-order valence-electron chi connectivity index (χ2n) is 6.64. The van der Waals surface area contributed by atoms with Crippen molar-refractivity contribution in [3.8, 4) is 0 Å². The molecule has 1 aromatic rings. The summed E-state index contributed by atoms with van der Waals surface area (Å²) in [5.41, 5.74) is 0.0923. The molecule has 1 aromatic heterocycles. The Morgan fingerprint density at radius 2 is 2.12 bits per heavy atom. The SMILES string of the molecule is Cc1oc(CN(C)C(=O)[C@@H]2CCCN2C(=O)NC(C)C)cc1C(=O)O. The summed E-state index contributed by atoms with van der Waals surface area (Å²) in [6.07, 6.45) is 1.39. The summed E-state index contributed by atoms with van der Waals surface area (Å²) in [6, 6.07) is 0.696. The van der Waals surface area contributed by atoms with Crippen LogP contribution >= 0.6 is 0 Å². The second kappa shape index (κ2) is 7.58. The molecule has 1 aliphatic rings. The van der Waals surface area contributed by atoms with Crippen LogP contribution in [0.15, 0.2) is 10.5 Å². The van der Waals surface area contributed by atoms with Crippen molar-refractivity contribution in [2.24, 2.45) is 0 Å². The quantitative estimate of drug-likeness (QED) is 0.842. The standard InChI is InChI=1S/C17H25N3O5/c1-10(2)18-17(24)20-7-5-6-14(20)15(21)19(4)9-12-8-13(16(22)23)11(3)25-12/h8,10,14H,5-7,9H2,1-4H3,(H,18,24)(H,22,23)/t14-/m0/s1. The van der Waals surface area contributed by atoms with Gasteiger partial charge in [0.05, 0.1) is 6.54 Å². The molecule has 0 radical (unpaired) electrons. The molecule has 25 heavy (non-hydrogen) atoms. The average molecular weight is 351 g/mol. The summed E-state index contributed by atoms with van der Waals surface area (Å²) in [6.45, 7) is 6.02. The van der Waals surface area contributed by atoms with Crippen LogP contribution in [0.3, 0.4) is 0 Å². The zero-order valence-electron chi connectivity index (χ0n) is 15.0. The van der Waals surface area contributed by atoms with Gasteiger partial charge in [-0.1, -0.05) is 0 Å². The van der Waals surface area contributed by atoms with Gasteiger partial charge in [-0.3, -0.25) is 4.79 Å². The fourth-order valence-electron chi connectivity index (χ4n) is 3.00. The summed E-state index contributed by atoms with van der Waals surface area (Å²) >= 11 is 0. The number of likely N-dealkylation sites (tertiary alicyclic amines) is 1. The molecular formula is C17H25N3O5. The van der Waals surface area contributed by atoms with Gasteiger partial charge in [0.1, 0.15) is 23.1 Å². The summed E-state index contributed by atoms with van der Waals surface area (Å²) < 4.78 is 5.42. The van der Waals surface area contributed by atoms with Gasteiger partial charge in [0.2, 0.25) is 5.91 Å². The zero-order chi connectivity index (χ0) is 18.7. The molecule has 0 bridgehead atoms. The normalized spacial score (nSPS) is 17.0. The summed E-state index contributed by atoms with van der Waals surface area (Å²) in [5, 5.41) is 11.9. The molecule has 1 fully saturated rings. The van der Waals surface area contributed by atoms with Gasteiger partial charge in [0.25, 0.3) is 0 Å². The summed E-state index contributed by atoms with van der Waals surface area (Å²) in [4.78, 5) is 39.1. The Morgan fingerprint density at radius 1 is 1.44 bits per heavy atom. The molecule has 0 aromatic carbocycles. The van der Waals surface area contributed by atoms with E-state index in [4.69, 9.17) is 9.52 Å². The minimum atomic E-state index is -1.06. The minimum absolute atomic E-state index is 0.00196. The molecule has 8 nitrogen and oxygen atoms in total. The number of carbonyl (C=O) groups excluding carboxylic acids is 2. The number of carbonyl (C=O) groups is 3. The Balaban J connectivity index is 2.04. The highest BCUT2D eigenvalue weighted by molar-refractivity contribution is 5.89. The van der Waals surface area contributed by atoms with Gasteiger partial charge < -0.3 is 24.6 Å². The van der Waals surface area contributed by atoms with Crippen LogP contribution in [-0.2, 0) is 11.3 Å². The lowest BCUT2D eigenvalue weighted by atomic mass is 10.2. The number of aryl methyl sites for hydroxylation is 1. The largest absolute Gasteiger partial charge is 0.478 e. The van der Waals surface area contributed by atoms with Crippen molar-refractivity contribution < 1.29 is 23.9 Å². The van der Waals surface area contributed by atoms with Crippen LogP contribution in [0.1, 0.15) is 48.6 Å². The van der Waals surface area contributed by atoms with Crippen LogP contribution in [-0.4, -0.2) is 58.5 Å². The van der Waals surface area contributed by atoms with E-state index in [9.17, 15) is 14.4 Å². The van der Waals surface area contributed by atoms with Crippen molar-refractivity contribution in [2.75, 3.05) is 13.6 Å². The summed E-state index contributed by atoms with van der Waals surface area (Å²) in [7, 11) is 1.62. The number of likely N-dealkylation sites (N-methyl/N-ethyl adjacent to an activating group) is 1. The first-order chi connectivity index (χ1) is 11.7. The number of nitrogens with zero attached hydrogens (tertiary/aromatic N) is 2. The van der Waals surface area contributed by atoms with Crippen molar-refractivity contribution >= 4 is 17.9 Å². The minimum Gasteiger partial charge on any atom is -0.478 e. The highest BCUT2D eigenvalue weighted by Crippen LogP contribution is 2.21. The van der Waals surface area contributed by atoms with Crippen molar-refractivity contribution in [1.82, 2.24) is 15.1 Å². The van der Waals surface area contributed by atoms with E-state index in [0.29, 0.717) is 24.5 Å². The predicted octanol–water partition coefficient (Wildman–Crippen LogP) is 1.83. The first kappa shape index (κ1) is 18.8. The molecular weight excluding hydrogens is 326 g/mol. The van der Waals surface area contributed by atoms with Crippen molar-refractivity contribution in [3.05, 3.63) is 23.2 Å². The molecule has 3 amide bonds. The fraction of sp³-hybridized carbons (Fsp3) is 0.588. The number of nitrogens with one attached hydrogen (secondary N) is 1. The van der Waals surface area contributed by atoms with Gasteiger partial charge in [0, 0.05) is 19.6 Å². The van der Waals surface area contributed by atoms with Gasteiger partial charge in [-0.25, -0.2) is 9.59 Å². The van der Waals surface area contributed by atoms with Gasteiger partial charge in [-0.2, -0.15) is 0 Å². The Labute approximate surface area is 146 Å². The highest BCUT2D eigenvalue weighted by atomic mass is 16.4. The van der Waals surface area contributed by atoms with Crippen LogP contribution in [0.5, 0.6) is 0 Å². The highest BCUT2D eigenvalue weighted by Gasteiger charge is 2.36. The third-order valence-electron chi connectivity index (χ3n) is 4.18. The fourth-order valence-corrected chi connectivity index (χ4v) is 3.00. The number of furan rings is 1. The average Bonchev–Trinajstić information content (AvgIpc) is 3.12. The lowest BCUT2D eigenvalue weighted by Gasteiger charge is -2.28. The molecule has 0 unspecified atom stereocenters. The molecule has 2 heterocycles. The molecule has 0 aliphatic carbocycles. The van der Waals surface area contributed by atoms with Crippen LogP contribution in [0.25, 0.3) is 0 Å². The van der Waals surface area contributed by atoms with E-state index in [1.54, 1.807) is 18.9 Å². The number of carboxylic acid groups (broad SMARTS) is 1. The third-order valence-corrected chi connectivity index (χ3v) is 4.18. The van der Waals surface area contributed by atoms with Crippen LogP contribution in [0.2, 0.25) is 0 Å². The predicted molar refractivity (Wildman–Crippen MR) is 90.3 cm³/mol. The number of hydrogen-bond acceptors (Lipinski definition) is 4. The van der Waals surface area contributed by atoms with Gasteiger partial charge in [-0.05, 0) is 39.7 Å². The molecule has 8 heteroatoms.